The summed E-state index contributed by atoms with van der Waals surface area (Å²) in [6.07, 6.45) is 1.06. The molecule has 0 aliphatic rings. The minimum atomic E-state index is 0.555. The minimum Gasteiger partial charge on any atom is -0.494 e. The number of hydrogen-bond acceptors (Lipinski definition) is 3. The van der Waals surface area contributed by atoms with Crippen LogP contribution in [0.15, 0.2) is 42.5 Å². The van der Waals surface area contributed by atoms with Crippen molar-refractivity contribution in [3.63, 3.8) is 0 Å². The third-order valence-corrected chi connectivity index (χ3v) is 4.34. The van der Waals surface area contributed by atoms with Gasteiger partial charge in [0.05, 0.1) is 22.3 Å². The van der Waals surface area contributed by atoms with Gasteiger partial charge in [-0.25, -0.2) is 0 Å². The summed E-state index contributed by atoms with van der Waals surface area (Å²) in [7, 11) is 0. The highest BCUT2D eigenvalue weighted by molar-refractivity contribution is 6.43. The highest BCUT2D eigenvalue weighted by Gasteiger charge is 2.03. The second kappa shape index (κ2) is 9.65. The van der Waals surface area contributed by atoms with Gasteiger partial charge in [-0.15, -0.1) is 0 Å². The molecule has 2 aromatic carbocycles. The van der Waals surface area contributed by atoms with E-state index in [1.165, 1.54) is 0 Å². The Bertz CT molecular complexity index is 647. The molecule has 0 aromatic heterocycles. The summed E-state index contributed by atoms with van der Waals surface area (Å²) in [4.78, 5) is 0. The van der Waals surface area contributed by atoms with Crippen LogP contribution in [0.4, 0.5) is 11.4 Å². The Morgan fingerprint density at radius 1 is 1.00 bits per heavy atom. The van der Waals surface area contributed by atoms with Crippen LogP contribution in [0, 0.1) is 5.92 Å². The first kappa shape index (κ1) is 18.8. The second-order valence-electron chi connectivity index (χ2n) is 6.01. The van der Waals surface area contributed by atoms with Crippen LogP contribution in [-0.2, 0) is 0 Å². The molecular weight excluding hydrogens is 343 g/mol. The van der Waals surface area contributed by atoms with E-state index in [0.717, 1.165) is 43.2 Å². The average Bonchev–Trinajstić information content (AvgIpc) is 2.55. The van der Waals surface area contributed by atoms with Crippen LogP contribution < -0.4 is 15.4 Å². The minimum absolute atomic E-state index is 0.555. The van der Waals surface area contributed by atoms with Gasteiger partial charge in [0.1, 0.15) is 5.75 Å². The summed E-state index contributed by atoms with van der Waals surface area (Å²) in [5.74, 6) is 1.54. The molecule has 0 aliphatic carbocycles. The maximum absolute atomic E-state index is 6.15. The molecule has 0 fully saturated rings. The van der Waals surface area contributed by atoms with Crippen molar-refractivity contribution in [3.05, 3.63) is 52.5 Å². The summed E-state index contributed by atoms with van der Waals surface area (Å²) in [6, 6.07) is 13.6. The van der Waals surface area contributed by atoms with Crippen molar-refractivity contribution in [1.82, 2.24) is 0 Å². The Labute approximate surface area is 154 Å². The highest BCUT2D eigenvalue weighted by Crippen LogP contribution is 2.29. The third-order valence-electron chi connectivity index (χ3n) is 3.52. The number of halogens is 2. The molecule has 0 radical (unpaired) electrons. The summed E-state index contributed by atoms with van der Waals surface area (Å²) in [5.41, 5.74) is 1.88. The smallest absolute Gasteiger partial charge is 0.121 e. The van der Waals surface area contributed by atoms with Crippen molar-refractivity contribution in [2.75, 3.05) is 30.3 Å². The summed E-state index contributed by atoms with van der Waals surface area (Å²) in [5, 5.41) is 7.76. The van der Waals surface area contributed by atoms with Gasteiger partial charge < -0.3 is 15.4 Å². The van der Waals surface area contributed by atoms with Crippen molar-refractivity contribution in [2.24, 2.45) is 5.92 Å². The van der Waals surface area contributed by atoms with Crippen molar-refractivity contribution in [2.45, 2.75) is 20.3 Å². The van der Waals surface area contributed by atoms with E-state index in [1.54, 1.807) is 6.07 Å². The van der Waals surface area contributed by atoms with Gasteiger partial charge >= 0.3 is 0 Å². The molecular formula is C19H24Cl2N2O. The van der Waals surface area contributed by atoms with Crippen LogP contribution in [0.1, 0.15) is 20.3 Å². The molecule has 2 N–H and O–H groups in total. The molecule has 130 valence electrons. The molecule has 0 aliphatic heterocycles. The largest absolute Gasteiger partial charge is 0.494 e. The van der Waals surface area contributed by atoms with E-state index in [-0.39, 0.29) is 0 Å². The summed E-state index contributed by atoms with van der Waals surface area (Å²) in [6.45, 7) is 6.63. The van der Waals surface area contributed by atoms with E-state index in [9.17, 15) is 0 Å². The first-order valence-electron chi connectivity index (χ1n) is 8.21. The van der Waals surface area contributed by atoms with Crippen LogP contribution in [0.2, 0.25) is 10.0 Å². The number of anilines is 2. The molecule has 3 nitrogen and oxygen atoms in total. The summed E-state index contributed by atoms with van der Waals surface area (Å²) >= 11 is 12.1. The molecule has 0 amide bonds. The monoisotopic (exact) mass is 366 g/mol. The van der Waals surface area contributed by atoms with Gasteiger partial charge in [0.2, 0.25) is 0 Å². The lowest BCUT2D eigenvalue weighted by Crippen LogP contribution is -2.14. The Hall–Kier alpha value is -1.58. The Morgan fingerprint density at radius 2 is 1.75 bits per heavy atom. The van der Waals surface area contributed by atoms with Crippen LogP contribution in [-0.4, -0.2) is 19.7 Å². The van der Waals surface area contributed by atoms with E-state index < -0.39 is 0 Å². The molecule has 0 heterocycles. The van der Waals surface area contributed by atoms with Gasteiger partial charge in [-0.05, 0) is 36.6 Å². The Kier molecular flexibility index (Phi) is 7.54. The van der Waals surface area contributed by atoms with E-state index in [0.29, 0.717) is 16.0 Å². The van der Waals surface area contributed by atoms with Gasteiger partial charge in [-0.1, -0.05) is 49.2 Å². The summed E-state index contributed by atoms with van der Waals surface area (Å²) < 4.78 is 5.77. The molecule has 0 atom stereocenters. The fraction of sp³-hybridized carbons (Fsp3) is 0.368. The fourth-order valence-electron chi connectivity index (χ4n) is 2.15. The van der Waals surface area contributed by atoms with Crippen molar-refractivity contribution in [1.29, 1.82) is 0 Å². The van der Waals surface area contributed by atoms with Gasteiger partial charge in [0, 0.05) is 24.8 Å². The second-order valence-corrected chi connectivity index (χ2v) is 6.80. The van der Waals surface area contributed by atoms with Crippen LogP contribution in [0.25, 0.3) is 0 Å². The predicted octanol–water partition coefficient (Wildman–Crippen LogP) is 5.94. The topological polar surface area (TPSA) is 33.3 Å². The van der Waals surface area contributed by atoms with E-state index >= 15 is 0 Å². The number of rotatable bonds is 9. The molecule has 0 spiro atoms. The molecule has 0 bridgehead atoms. The number of hydrogen-bond donors (Lipinski definition) is 2. The van der Waals surface area contributed by atoms with Gasteiger partial charge in [-0.3, -0.25) is 0 Å². The standard InChI is InChI=1S/C19H24Cl2N2O/c1-14(2)9-12-24-16-6-3-5-15(13-16)22-10-11-23-18-8-4-7-17(20)19(18)21/h3-8,13-14,22-23H,9-12H2,1-2H3. The number of nitrogens with one attached hydrogen (secondary N) is 2. The lowest BCUT2D eigenvalue weighted by molar-refractivity contribution is 0.289. The van der Waals surface area contributed by atoms with E-state index in [4.69, 9.17) is 27.9 Å². The zero-order chi connectivity index (χ0) is 17.4. The van der Waals surface area contributed by atoms with Crippen LogP contribution in [0.3, 0.4) is 0 Å². The van der Waals surface area contributed by atoms with Crippen molar-refractivity contribution >= 4 is 34.6 Å². The maximum atomic E-state index is 6.15. The van der Waals surface area contributed by atoms with E-state index in [1.807, 2.05) is 36.4 Å². The van der Waals surface area contributed by atoms with Gasteiger partial charge in [-0.2, -0.15) is 0 Å². The van der Waals surface area contributed by atoms with Crippen LogP contribution >= 0.6 is 23.2 Å². The zero-order valence-electron chi connectivity index (χ0n) is 14.1. The number of ether oxygens (including phenoxy) is 1. The molecule has 2 rings (SSSR count). The zero-order valence-corrected chi connectivity index (χ0v) is 15.6. The molecule has 0 saturated carbocycles. The van der Waals surface area contributed by atoms with E-state index in [2.05, 4.69) is 24.5 Å². The first-order valence-corrected chi connectivity index (χ1v) is 8.96. The molecule has 0 saturated heterocycles. The Balaban J connectivity index is 1.77. The predicted molar refractivity (Wildman–Crippen MR) is 105 cm³/mol. The quantitative estimate of drug-likeness (QED) is 0.538. The molecule has 2 aromatic rings. The third kappa shape index (κ3) is 6.14. The highest BCUT2D eigenvalue weighted by atomic mass is 35.5. The van der Waals surface area contributed by atoms with Crippen molar-refractivity contribution < 1.29 is 4.74 Å². The maximum Gasteiger partial charge on any atom is 0.121 e. The lowest BCUT2D eigenvalue weighted by Gasteiger charge is -2.12. The lowest BCUT2D eigenvalue weighted by atomic mass is 10.1. The number of benzene rings is 2. The molecule has 24 heavy (non-hydrogen) atoms. The molecule has 5 heteroatoms. The van der Waals surface area contributed by atoms with Crippen LogP contribution in [0.5, 0.6) is 5.75 Å². The van der Waals surface area contributed by atoms with Crippen molar-refractivity contribution in [3.8, 4) is 5.75 Å². The SMILES string of the molecule is CC(C)CCOc1cccc(NCCNc2cccc(Cl)c2Cl)c1. The van der Waals surface area contributed by atoms with Gasteiger partial charge in [0.25, 0.3) is 0 Å². The average molecular weight is 367 g/mol. The van der Waals surface area contributed by atoms with Gasteiger partial charge in [0.15, 0.2) is 0 Å². The first-order chi connectivity index (χ1) is 11.6. The Morgan fingerprint density at radius 3 is 2.54 bits per heavy atom. The normalized spacial score (nSPS) is 10.7. The molecule has 0 unspecified atom stereocenters. The fourth-order valence-corrected chi connectivity index (χ4v) is 2.52.